The Balaban J connectivity index is 2.13. The molecule has 0 aliphatic heterocycles. The highest BCUT2D eigenvalue weighted by atomic mass is 16.5. The Morgan fingerprint density at radius 3 is 2.36 bits per heavy atom. The summed E-state index contributed by atoms with van der Waals surface area (Å²) >= 11 is 0. The van der Waals surface area contributed by atoms with E-state index in [4.69, 9.17) is 9.47 Å². The van der Waals surface area contributed by atoms with E-state index in [1.165, 1.54) is 21.9 Å². The van der Waals surface area contributed by atoms with Gasteiger partial charge in [-0.05, 0) is 29.3 Å². The van der Waals surface area contributed by atoms with Crippen LogP contribution in [0.3, 0.4) is 0 Å². The number of benzene rings is 3. The molecule has 0 radical (unpaired) electrons. The molecule has 3 aromatic rings. The van der Waals surface area contributed by atoms with Gasteiger partial charge < -0.3 is 9.47 Å². The zero-order valence-electron chi connectivity index (χ0n) is 13.0. The van der Waals surface area contributed by atoms with Crippen LogP contribution >= 0.6 is 0 Å². The predicted molar refractivity (Wildman–Crippen MR) is 91.5 cm³/mol. The summed E-state index contributed by atoms with van der Waals surface area (Å²) in [5, 5.41) is 2.43. The maximum absolute atomic E-state index is 5.95. The smallest absolute Gasteiger partial charge is 0.127 e. The maximum atomic E-state index is 5.95. The molecule has 0 saturated heterocycles. The lowest BCUT2D eigenvalue weighted by atomic mass is 9.96. The van der Waals surface area contributed by atoms with E-state index in [9.17, 15) is 0 Å². The lowest BCUT2D eigenvalue weighted by Gasteiger charge is -2.15. The Labute approximate surface area is 131 Å². The summed E-state index contributed by atoms with van der Waals surface area (Å²) in [5.41, 5.74) is 3.58. The van der Waals surface area contributed by atoms with Gasteiger partial charge in [-0.2, -0.15) is 0 Å². The van der Waals surface area contributed by atoms with Gasteiger partial charge in [0, 0.05) is 12.7 Å². The van der Waals surface area contributed by atoms with Crippen LogP contribution in [0.2, 0.25) is 0 Å². The fourth-order valence-corrected chi connectivity index (χ4v) is 2.62. The van der Waals surface area contributed by atoms with Crippen LogP contribution in [0.25, 0.3) is 21.9 Å². The number of aryl methyl sites for hydroxylation is 1. The van der Waals surface area contributed by atoms with Gasteiger partial charge in [-0.1, -0.05) is 60.2 Å². The number of ether oxygens (including phenoxy) is 2. The molecule has 0 amide bonds. The van der Waals surface area contributed by atoms with Gasteiger partial charge in [0.1, 0.15) is 12.4 Å². The standard InChI is InChI=1S/C20H20O2/c1-15-7-9-17(10-8-15)20-18-6-4-3-5-16(18)11-12-19(20)22-14-13-21-2/h3-12H,13-14H2,1-2H3. The second-order valence-corrected chi connectivity index (χ2v) is 5.37. The third-order valence-electron chi connectivity index (χ3n) is 3.78. The first-order chi connectivity index (χ1) is 10.8. The Bertz CT molecular complexity index is 760. The van der Waals surface area contributed by atoms with Crippen molar-refractivity contribution < 1.29 is 9.47 Å². The molecule has 2 heteroatoms. The molecule has 0 bridgehead atoms. The molecule has 2 nitrogen and oxygen atoms in total. The number of hydrogen-bond donors (Lipinski definition) is 0. The molecule has 0 N–H and O–H groups in total. The van der Waals surface area contributed by atoms with E-state index >= 15 is 0 Å². The summed E-state index contributed by atoms with van der Waals surface area (Å²) in [5.74, 6) is 0.902. The van der Waals surface area contributed by atoms with Gasteiger partial charge in [-0.3, -0.25) is 0 Å². The number of fused-ring (bicyclic) bond motifs is 1. The Kier molecular flexibility index (Phi) is 4.40. The van der Waals surface area contributed by atoms with E-state index in [1.807, 2.05) is 6.07 Å². The summed E-state index contributed by atoms with van der Waals surface area (Å²) in [7, 11) is 1.69. The van der Waals surface area contributed by atoms with Gasteiger partial charge in [0.05, 0.1) is 6.61 Å². The molecule has 0 atom stereocenters. The monoisotopic (exact) mass is 292 g/mol. The summed E-state index contributed by atoms with van der Waals surface area (Å²) in [6.07, 6.45) is 0. The quantitative estimate of drug-likeness (QED) is 0.626. The van der Waals surface area contributed by atoms with Crippen molar-refractivity contribution in [3.63, 3.8) is 0 Å². The van der Waals surface area contributed by atoms with Crippen molar-refractivity contribution in [2.75, 3.05) is 20.3 Å². The van der Waals surface area contributed by atoms with Crippen molar-refractivity contribution in [2.24, 2.45) is 0 Å². The number of hydrogen-bond acceptors (Lipinski definition) is 2. The molecular formula is C20H20O2. The van der Waals surface area contributed by atoms with Crippen LogP contribution in [-0.4, -0.2) is 20.3 Å². The van der Waals surface area contributed by atoms with Crippen LogP contribution in [0.5, 0.6) is 5.75 Å². The van der Waals surface area contributed by atoms with E-state index < -0.39 is 0 Å². The highest BCUT2D eigenvalue weighted by Crippen LogP contribution is 2.37. The zero-order valence-corrected chi connectivity index (χ0v) is 13.0. The average molecular weight is 292 g/mol. The Hall–Kier alpha value is -2.32. The van der Waals surface area contributed by atoms with Crippen molar-refractivity contribution in [2.45, 2.75) is 6.92 Å². The minimum absolute atomic E-state index is 0.549. The molecule has 22 heavy (non-hydrogen) atoms. The molecule has 112 valence electrons. The largest absolute Gasteiger partial charge is 0.491 e. The molecule has 0 aliphatic rings. The van der Waals surface area contributed by atoms with Crippen molar-refractivity contribution in [3.8, 4) is 16.9 Å². The zero-order chi connectivity index (χ0) is 15.4. The summed E-state index contributed by atoms with van der Waals surface area (Å²) < 4.78 is 11.0. The second kappa shape index (κ2) is 6.63. The first-order valence-electron chi connectivity index (χ1n) is 7.50. The van der Waals surface area contributed by atoms with Gasteiger partial charge in [0.2, 0.25) is 0 Å². The van der Waals surface area contributed by atoms with Crippen molar-refractivity contribution in [1.82, 2.24) is 0 Å². The van der Waals surface area contributed by atoms with E-state index in [-0.39, 0.29) is 0 Å². The number of methoxy groups -OCH3 is 1. The minimum atomic E-state index is 0.549. The topological polar surface area (TPSA) is 18.5 Å². The van der Waals surface area contributed by atoms with Crippen LogP contribution in [0, 0.1) is 6.92 Å². The van der Waals surface area contributed by atoms with Crippen molar-refractivity contribution in [3.05, 3.63) is 66.2 Å². The van der Waals surface area contributed by atoms with E-state index in [2.05, 4.69) is 61.5 Å². The lowest BCUT2D eigenvalue weighted by molar-refractivity contribution is 0.146. The molecule has 0 saturated carbocycles. The third-order valence-corrected chi connectivity index (χ3v) is 3.78. The average Bonchev–Trinajstić information content (AvgIpc) is 2.56. The van der Waals surface area contributed by atoms with Gasteiger partial charge in [-0.25, -0.2) is 0 Å². The van der Waals surface area contributed by atoms with Crippen molar-refractivity contribution in [1.29, 1.82) is 0 Å². The van der Waals surface area contributed by atoms with E-state index in [0.29, 0.717) is 13.2 Å². The minimum Gasteiger partial charge on any atom is -0.491 e. The lowest BCUT2D eigenvalue weighted by Crippen LogP contribution is -2.05. The van der Waals surface area contributed by atoms with Gasteiger partial charge in [0.15, 0.2) is 0 Å². The molecule has 0 heterocycles. The molecule has 0 unspecified atom stereocenters. The summed E-state index contributed by atoms with van der Waals surface area (Å²) in [6, 6.07) is 21.1. The van der Waals surface area contributed by atoms with Gasteiger partial charge >= 0.3 is 0 Å². The third kappa shape index (κ3) is 2.97. The van der Waals surface area contributed by atoms with Gasteiger partial charge in [-0.15, -0.1) is 0 Å². The SMILES string of the molecule is COCCOc1ccc2ccccc2c1-c1ccc(C)cc1. The molecule has 3 rings (SSSR count). The maximum Gasteiger partial charge on any atom is 0.127 e. The fourth-order valence-electron chi connectivity index (χ4n) is 2.62. The summed E-state index contributed by atoms with van der Waals surface area (Å²) in [6.45, 7) is 3.23. The molecule has 3 aromatic carbocycles. The van der Waals surface area contributed by atoms with Crippen LogP contribution in [0.1, 0.15) is 5.56 Å². The van der Waals surface area contributed by atoms with Gasteiger partial charge in [0.25, 0.3) is 0 Å². The normalized spacial score (nSPS) is 10.8. The first kappa shape index (κ1) is 14.6. The Morgan fingerprint density at radius 1 is 0.818 bits per heavy atom. The summed E-state index contributed by atoms with van der Waals surface area (Å²) in [4.78, 5) is 0. The Morgan fingerprint density at radius 2 is 1.59 bits per heavy atom. The highest BCUT2D eigenvalue weighted by molar-refractivity contribution is 5.99. The molecular weight excluding hydrogens is 272 g/mol. The van der Waals surface area contributed by atoms with Crippen LogP contribution in [0.15, 0.2) is 60.7 Å². The fraction of sp³-hybridized carbons (Fsp3) is 0.200. The van der Waals surface area contributed by atoms with Crippen LogP contribution in [-0.2, 0) is 4.74 Å². The predicted octanol–water partition coefficient (Wildman–Crippen LogP) is 4.84. The van der Waals surface area contributed by atoms with Crippen LogP contribution in [0.4, 0.5) is 0 Å². The van der Waals surface area contributed by atoms with E-state index in [1.54, 1.807) is 7.11 Å². The number of rotatable bonds is 5. The first-order valence-corrected chi connectivity index (χ1v) is 7.50. The molecule has 0 spiro atoms. The molecule has 0 aromatic heterocycles. The van der Waals surface area contributed by atoms with Crippen molar-refractivity contribution >= 4 is 10.8 Å². The second-order valence-electron chi connectivity index (χ2n) is 5.37. The highest BCUT2D eigenvalue weighted by Gasteiger charge is 2.11. The van der Waals surface area contributed by atoms with E-state index in [0.717, 1.165) is 11.3 Å². The molecule has 0 fully saturated rings. The molecule has 0 aliphatic carbocycles. The van der Waals surface area contributed by atoms with Crippen LogP contribution < -0.4 is 4.74 Å².